The second kappa shape index (κ2) is 5.27. The predicted octanol–water partition coefficient (Wildman–Crippen LogP) is 3.09. The molecule has 0 unspecified atom stereocenters. The second-order valence-corrected chi connectivity index (χ2v) is 5.76. The lowest BCUT2D eigenvalue weighted by Crippen LogP contribution is -2.30. The lowest BCUT2D eigenvalue weighted by molar-refractivity contribution is 0.218. The zero-order valence-electron chi connectivity index (χ0n) is 11.2. The molecule has 0 atom stereocenters. The molecule has 1 aliphatic heterocycles. The van der Waals surface area contributed by atoms with Gasteiger partial charge in [0.2, 0.25) is 0 Å². The molecule has 1 aromatic carbocycles. The summed E-state index contributed by atoms with van der Waals surface area (Å²) in [6, 6.07) is 5.36. The van der Waals surface area contributed by atoms with Gasteiger partial charge in [-0.05, 0) is 37.0 Å². The van der Waals surface area contributed by atoms with Crippen molar-refractivity contribution in [1.82, 2.24) is 0 Å². The van der Waals surface area contributed by atoms with Crippen molar-refractivity contribution >= 4 is 5.69 Å². The number of aliphatic hydroxyl groups is 1. The van der Waals surface area contributed by atoms with Gasteiger partial charge < -0.3 is 10.0 Å². The van der Waals surface area contributed by atoms with Crippen LogP contribution in [0.2, 0.25) is 0 Å². The molecule has 1 fully saturated rings. The van der Waals surface area contributed by atoms with E-state index in [1.165, 1.54) is 6.42 Å². The smallest absolute Gasteiger partial charge is 0.146 e. The van der Waals surface area contributed by atoms with Crippen molar-refractivity contribution in [3.8, 4) is 0 Å². The van der Waals surface area contributed by atoms with Crippen LogP contribution in [0.15, 0.2) is 18.2 Å². The first-order chi connectivity index (χ1) is 8.54. The van der Waals surface area contributed by atoms with Gasteiger partial charge in [-0.3, -0.25) is 0 Å². The first kappa shape index (κ1) is 13.3. The van der Waals surface area contributed by atoms with Crippen LogP contribution in [0.3, 0.4) is 0 Å². The van der Waals surface area contributed by atoms with Crippen molar-refractivity contribution in [1.29, 1.82) is 0 Å². The summed E-state index contributed by atoms with van der Waals surface area (Å²) in [4.78, 5) is 2.12. The lowest BCUT2D eigenvalue weighted by Gasteiger charge is -2.30. The third kappa shape index (κ3) is 2.66. The van der Waals surface area contributed by atoms with Gasteiger partial charge in [0.15, 0.2) is 0 Å². The summed E-state index contributed by atoms with van der Waals surface area (Å²) in [6.07, 6.45) is 3.53. The zero-order chi connectivity index (χ0) is 13.2. The molecule has 2 nitrogen and oxygen atoms in total. The first-order valence-corrected chi connectivity index (χ1v) is 6.70. The van der Waals surface area contributed by atoms with Gasteiger partial charge in [0, 0.05) is 18.5 Å². The van der Waals surface area contributed by atoms with Gasteiger partial charge >= 0.3 is 0 Å². The van der Waals surface area contributed by atoms with Crippen LogP contribution < -0.4 is 4.90 Å². The fourth-order valence-corrected chi connectivity index (χ4v) is 2.41. The number of hydrogen-bond donors (Lipinski definition) is 1. The second-order valence-electron chi connectivity index (χ2n) is 5.76. The van der Waals surface area contributed by atoms with E-state index in [1.54, 1.807) is 6.07 Å². The van der Waals surface area contributed by atoms with Crippen LogP contribution in [0.25, 0.3) is 0 Å². The molecule has 0 radical (unpaired) electrons. The number of aliphatic hydroxyl groups excluding tert-OH is 1. The maximum atomic E-state index is 14.2. The summed E-state index contributed by atoms with van der Waals surface area (Å²) in [5.41, 5.74) is 1.16. The van der Waals surface area contributed by atoms with Gasteiger partial charge in [0.1, 0.15) is 5.82 Å². The molecule has 0 spiro atoms. The SMILES string of the molecule is CC(C)(CO)c1ccc(N2CCCCC2)c(F)c1. The maximum Gasteiger partial charge on any atom is 0.146 e. The minimum atomic E-state index is -0.388. The maximum absolute atomic E-state index is 14.2. The number of piperidine rings is 1. The van der Waals surface area contributed by atoms with Crippen LogP contribution in [-0.2, 0) is 5.41 Å². The average Bonchev–Trinajstić information content (AvgIpc) is 2.39. The lowest BCUT2D eigenvalue weighted by atomic mass is 9.85. The topological polar surface area (TPSA) is 23.5 Å². The van der Waals surface area contributed by atoms with Crippen LogP contribution >= 0.6 is 0 Å². The van der Waals surface area contributed by atoms with E-state index < -0.39 is 0 Å². The number of halogens is 1. The number of anilines is 1. The van der Waals surface area contributed by atoms with Gasteiger partial charge in [-0.2, -0.15) is 0 Å². The zero-order valence-corrected chi connectivity index (χ0v) is 11.2. The van der Waals surface area contributed by atoms with E-state index in [0.29, 0.717) is 5.69 Å². The van der Waals surface area contributed by atoms with E-state index in [0.717, 1.165) is 31.5 Å². The predicted molar refractivity (Wildman–Crippen MR) is 72.6 cm³/mol. The third-order valence-electron chi connectivity index (χ3n) is 3.82. The Balaban J connectivity index is 2.24. The molecule has 2 rings (SSSR count). The van der Waals surface area contributed by atoms with Crippen LogP contribution in [0.1, 0.15) is 38.7 Å². The molecule has 3 heteroatoms. The summed E-state index contributed by atoms with van der Waals surface area (Å²) >= 11 is 0. The van der Waals surface area contributed by atoms with E-state index in [9.17, 15) is 9.50 Å². The normalized spacial score (nSPS) is 17.0. The van der Waals surface area contributed by atoms with Crippen molar-refractivity contribution in [3.63, 3.8) is 0 Å². The van der Waals surface area contributed by atoms with Gasteiger partial charge in [0.25, 0.3) is 0 Å². The van der Waals surface area contributed by atoms with Crippen molar-refractivity contribution in [2.45, 2.75) is 38.5 Å². The summed E-state index contributed by atoms with van der Waals surface area (Å²) in [5, 5.41) is 9.32. The highest BCUT2D eigenvalue weighted by Gasteiger charge is 2.22. The molecule has 1 N–H and O–H groups in total. The largest absolute Gasteiger partial charge is 0.395 e. The first-order valence-electron chi connectivity index (χ1n) is 6.70. The van der Waals surface area contributed by atoms with Gasteiger partial charge in [-0.25, -0.2) is 4.39 Å². The number of benzene rings is 1. The number of rotatable bonds is 3. The Morgan fingerprint density at radius 2 is 1.89 bits per heavy atom. The number of nitrogens with zero attached hydrogens (tertiary/aromatic N) is 1. The fourth-order valence-electron chi connectivity index (χ4n) is 2.41. The van der Waals surface area contributed by atoms with Crippen molar-refractivity contribution in [3.05, 3.63) is 29.6 Å². The summed E-state index contributed by atoms with van der Waals surface area (Å²) in [5.74, 6) is -0.170. The molecule has 0 saturated carbocycles. The van der Waals surface area contributed by atoms with E-state index in [2.05, 4.69) is 4.90 Å². The summed E-state index contributed by atoms with van der Waals surface area (Å²) in [7, 11) is 0. The van der Waals surface area contributed by atoms with E-state index >= 15 is 0 Å². The Morgan fingerprint density at radius 1 is 1.22 bits per heavy atom. The van der Waals surface area contributed by atoms with Crippen molar-refractivity contribution in [2.75, 3.05) is 24.6 Å². The van der Waals surface area contributed by atoms with Crippen LogP contribution in [0, 0.1) is 5.82 Å². The van der Waals surface area contributed by atoms with Crippen LogP contribution in [-0.4, -0.2) is 24.8 Å². The van der Waals surface area contributed by atoms with Crippen LogP contribution in [0.4, 0.5) is 10.1 Å². The van der Waals surface area contributed by atoms with Gasteiger partial charge in [0.05, 0.1) is 12.3 Å². The Morgan fingerprint density at radius 3 is 2.44 bits per heavy atom. The Hall–Kier alpha value is -1.09. The minimum Gasteiger partial charge on any atom is -0.395 e. The van der Waals surface area contributed by atoms with Crippen molar-refractivity contribution in [2.24, 2.45) is 0 Å². The standard InChI is InChI=1S/C15H22FNO/c1-15(2,11-18)12-6-7-14(13(16)10-12)17-8-4-3-5-9-17/h6-7,10,18H,3-5,8-9,11H2,1-2H3. The fraction of sp³-hybridized carbons (Fsp3) is 0.600. The molecule has 18 heavy (non-hydrogen) atoms. The molecular formula is C15H22FNO. The molecule has 1 heterocycles. The van der Waals surface area contributed by atoms with Crippen LogP contribution in [0.5, 0.6) is 0 Å². The molecule has 0 aliphatic carbocycles. The molecule has 1 aromatic rings. The van der Waals surface area contributed by atoms with E-state index in [-0.39, 0.29) is 17.8 Å². The van der Waals surface area contributed by atoms with Crippen molar-refractivity contribution < 1.29 is 9.50 Å². The summed E-state index contributed by atoms with van der Waals surface area (Å²) in [6.45, 7) is 5.75. The van der Waals surface area contributed by atoms with Gasteiger partial charge in [-0.1, -0.05) is 19.9 Å². The molecule has 0 bridgehead atoms. The van der Waals surface area contributed by atoms with E-state index in [4.69, 9.17) is 0 Å². The highest BCUT2D eigenvalue weighted by molar-refractivity contribution is 5.50. The Kier molecular flexibility index (Phi) is 3.91. The molecule has 1 saturated heterocycles. The number of hydrogen-bond acceptors (Lipinski definition) is 2. The molecule has 100 valence electrons. The van der Waals surface area contributed by atoms with E-state index in [1.807, 2.05) is 26.0 Å². The molecular weight excluding hydrogens is 229 g/mol. The molecule has 1 aliphatic rings. The highest BCUT2D eigenvalue weighted by atomic mass is 19.1. The molecule has 0 amide bonds. The third-order valence-corrected chi connectivity index (χ3v) is 3.82. The monoisotopic (exact) mass is 251 g/mol. The quantitative estimate of drug-likeness (QED) is 0.892. The highest BCUT2D eigenvalue weighted by Crippen LogP contribution is 2.29. The van der Waals surface area contributed by atoms with Gasteiger partial charge in [-0.15, -0.1) is 0 Å². The Labute approximate surface area is 108 Å². The minimum absolute atomic E-state index is 0.0233. The summed E-state index contributed by atoms with van der Waals surface area (Å²) < 4.78 is 14.2. The average molecular weight is 251 g/mol. The molecule has 0 aromatic heterocycles. The Bertz CT molecular complexity index is 411.